The summed E-state index contributed by atoms with van der Waals surface area (Å²) in [6, 6.07) is 13.3. The second-order valence-electron chi connectivity index (χ2n) is 8.80. The Hall–Kier alpha value is -2.61. The van der Waals surface area contributed by atoms with E-state index in [0.29, 0.717) is 29.4 Å². The van der Waals surface area contributed by atoms with Crippen LogP contribution in [0, 0.1) is 5.92 Å². The number of alkyl carbamates (subject to hydrolysis) is 1. The first kappa shape index (κ1) is 23.1. The van der Waals surface area contributed by atoms with Crippen LogP contribution < -0.4 is 10.2 Å². The standard InChI is InChI=1S/C23H28BrN3O4/c1-23(2,3)31-22(30)25-13-16-11-17(12-16)27(14-15-7-5-4-6-8-15)20-18(21(28)29)9-10-19(24)26-20/h4-10,16-17H,11-14H2,1-3H3,(H,25,30)(H,28,29). The van der Waals surface area contributed by atoms with Crippen molar-refractivity contribution in [3.05, 3.63) is 58.2 Å². The number of carbonyl (C=O) groups is 2. The number of amides is 1. The average molecular weight is 490 g/mol. The molecular weight excluding hydrogens is 462 g/mol. The van der Waals surface area contributed by atoms with E-state index in [1.165, 1.54) is 0 Å². The van der Waals surface area contributed by atoms with Crippen molar-refractivity contribution < 1.29 is 19.4 Å². The van der Waals surface area contributed by atoms with Gasteiger partial charge in [-0.2, -0.15) is 0 Å². The zero-order valence-corrected chi connectivity index (χ0v) is 19.6. The summed E-state index contributed by atoms with van der Waals surface area (Å²) in [5.74, 6) is -0.249. The van der Waals surface area contributed by atoms with Crippen molar-refractivity contribution in [2.24, 2.45) is 5.92 Å². The number of anilines is 1. The number of nitrogens with one attached hydrogen (secondary N) is 1. The zero-order valence-electron chi connectivity index (χ0n) is 18.0. The Bertz CT molecular complexity index is 924. The van der Waals surface area contributed by atoms with Gasteiger partial charge in [0.05, 0.1) is 0 Å². The van der Waals surface area contributed by atoms with Crippen LogP contribution in [-0.2, 0) is 11.3 Å². The minimum atomic E-state index is -1.00. The van der Waals surface area contributed by atoms with Gasteiger partial charge in [-0.25, -0.2) is 14.6 Å². The van der Waals surface area contributed by atoms with Gasteiger partial charge < -0.3 is 20.1 Å². The average Bonchev–Trinajstić information content (AvgIpc) is 2.65. The molecule has 7 nitrogen and oxygen atoms in total. The van der Waals surface area contributed by atoms with Crippen molar-refractivity contribution in [2.75, 3.05) is 11.4 Å². The number of carbonyl (C=O) groups excluding carboxylic acids is 1. The summed E-state index contributed by atoms with van der Waals surface area (Å²) in [5, 5.41) is 12.5. The number of halogens is 1. The molecule has 31 heavy (non-hydrogen) atoms. The number of hydrogen-bond acceptors (Lipinski definition) is 5. The largest absolute Gasteiger partial charge is 0.478 e. The first-order chi connectivity index (χ1) is 14.6. The lowest BCUT2D eigenvalue weighted by atomic mass is 9.79. The van der Waals surface area contributed by atoms with Gasteiger partial charge in [0.1, 0.15) is 21.6 Å². The van der Waals surface area contributed by atoms with Crippen molar-refractivity contribution >= 4 is 33.8 Å². The molecule has 0 saturated heterocycles. The number of aromatic carboxylic acids is 1. The predicted molar refractivity (Wildman–Crippen MR) is 122 cm³/mol. The maximum Gasteiger partial charge on any atom is 0.407 e. The Balaban J connectivity index is 1.72. The molecule has 0 aliphatic heterocycles. The van der Waals surface area contributed by atoms with E-state index in [1.807, 2.05) is 51.1 Å². The molecule has 1 aromatic carbocycles. The normalized spacial score (nSPS) is 18.1. The van der Waals surface area contributed by atoms with Crippen molar-refractivity contribution in [1.82, 2.24) is 10.3 Å². The summed E-state index contributed by atoms with van der Waals surface area (Å²) in [6.45, 7) is 6.58. The third kappa shape index (κ3) is 6.43. The Morgan fingerprint density at radius 3 is 2.48 bits per heavy atom. The smallest absolute Gasteiger partial charge is 0.407 e. The van der Waals surface area contributed by atoms with Crippen molar-refractivity contribution in [3.8, 4) is 0 Å². The van der Waals surface area contributed by atoms with Crippen molar-refractivity contribution in [2.45, 2.75) is 51.8 Å². The third-order valence-electron chi connectivity index (χ3n) is 5.12. The van der Waals surface area contributed by atoms with E-state index in [9.17, 15) is 14.7 Å². The molecule has 1 fully saturated rings. The topological polar surface area (TPSA) is 91.8 Å². The summed E-state index contributed by atoms with van der Waals surface area (Å²) in [4.78, 5) is 30.3. The van der Waals surface area contributed by atoms with Crippen LogP contribution in [0.1, 0.15) is 49.5 Å². The summed E-state index contributed by atoms with van der Waals surface area (Å²) >= 11 is 3.37. The van der Waals surface area contributed by atoms with E-state index in [-0.39, 0.29) is 11.6 Å². The number of ether oxygens (including phenoxy) is 1. The molecule has 3 rings (SSSR count). The number of carboxylic acid groups (broad SMARTS) is 1. The number of hydrogen-bond donors (Lipinski definition) is 2. The summed E-state index contributed by atoms with van der Waals surface area (Å²) in [6.07, 6.45) is 1.24. The van der Waals surface area contributed by atoms with Crippen LogP contribution >= 0.6 is 15.9 Å². The first-order valence-corrected chi connectivity index (χ1v) is 11.1. The SMILES string of the molecule is CC(C)(C)OC(=O)NCC1CC(N(Cc2ccccc2)c2nc(Br)ccc2C(=O)O)C1. The van der Waals surface area contributed by atoms with Crippen LogP contribution in [0.3, 0.4) is 0 Å². The van der Waals surface area contributed by atoms with E-state index in [2.05, 4.69) is 31.1 Å². The van der Waals surface area contributed by atoms with Gasteiger partial charge in [0.15, 0.2) is 0 Å². The molecule has 1 saturated carbocycles. The van der Waals surface area contributed by atoms with Crippen LogP contribution in [0.4, 0.5) is 10.6 Å². The molecule has 166 valence electrons. The highest BCUT2D eigenvalue weighted by Crippen LogP contribution is 2.36. The second-order valence-corrected chi connectivity index (χ2v) is 9.61. The molecular formula is C23H28BrN3O4. The summed E-state index contributed by atoms with van der Waals surface area (Å²) in [7, 11) is 0. The molecule has 1 amide bonds. The van der Waals surface area contributed by atoms with Gasteiger partial charge >= 0.3 is 12.1 Å². The molecule has 0 radical (unpaired) electrons. The Labute approximate surface area is 190 Å². The molecule has 1 aromatic heterocycles. The van der Waals surface area contributed by atoms with Gasteiger partial charge in [0.2, 0.25) is 0 Å². The fraction of sp³-hybridized carbons (Fsp3) is 0.435. The molecule has 0 unspecified atom stereocenters. The van der Waals surface area contributed by atoms with Crippen LogP contribution in [-0.4, -0.2) is 40.3 Å². The lowest BCUT2D eigenvalue weighted by Crippen LogP contribution is -2.49. The molecule has 1 aliphatic carbocycles. The maximum absolute atomic E-state index is 11.9. The molecule has 0 bridgehead atoms. The lowest BCUT2D eigenvalue weighted by molar-refractivity contribution is 0.0505. The van der Waals surface area contributed by atoms with E-state index < -0.39 is 17.7 Å². The highest BCUT2D eigenvalue weighted by atomic mass is 79.9. The van der Waals surface area contributed by atoms with Crippen LogP contribution in [0.5, 0.6) is 0 Å². The third-order valence-corrected chi connectivity index (χ3v) is 5.57. The monoisotopic (exact) mass is 489 g/mol. The number of aromatic nitrogens is 1. The van der Waals surface area contributed by atoms with E-state index >= 15 is 0 Å². The van der Waals surface area contributed by atoms with Crippen LogP contribution in [0.25, 0.3) is 0 Å². The molecule has 8 heteroatoms. The van der Waals surface area contributed by atoms with Gasteiger partial charge in [-0.1, -0.05) is 30.3 Å². The van der Waals surface area contributed by atoms with Gasteiger partial charge in [-0.05, 0) is 73.2 Å². The fourth-order valence-electron chi connectivity index (χ4n) is 3.63. The minimum Gasteiger partial charge on any atom is -0.478 e. The van der Waals surface area contributed by atoms with Gasteiger partial charge in [-0.15, -0.1) is 0 Å². The Morgan fingerprint density at radius 2 is 1.87 bits per heavy atom. The lowest BCUT2D eigenvalue weighted by Gasteiger charge is -2.44. The Morgan fingerprint density at radius 1 is 1.19 bits per heavy atom. The molecule has 2 aromatic rings. The molecule has 0 spiro atoms. The zero-order chi connectivity index (χ0) is 22.6. The molecule has 1 aliphatic rings. The number of rotatable bonds is 7. The highest BCUT2D eigenvalue weighted by Gasteiger charge is 2.36. The van der Waals surface area contributed by atoms with E-state index in [4.69, 9.17) is 4.74 Å². The summed E-state index contributed by atoms with van der Waals surface area (Å²) < 4.78 is 5.88. The van der Waals surface area contributed by atoms with Gasteiger partial charge in [0.25, 0.3) is 0 Å². The first-order valence-electron chi connectivity index (χ1n) is 10.3. The fourth-order valence-corrected chi connectivity index (χ4v) is 3.93. The van der Waals surface area contributed by atoms with Crippen LogP contribution in [0.15, 0.2) is 47.1 Å². The highest BCUT2D eigenvalue weighted by molar-refractivity contribution is 9.10. The quantitative estimate of drug-likeness (QED) is 0.539. The Kier molecular flexibility index (Phi) is 7.20. The minimum absolute atomic E-state index is 0.130. The van der Waals surface area contributed by atoms with E-state index in [1.54, 1.807) is 12.1 Å². The van der Waals surface area contributed by atoms with Gasteiger partial charge in [-0.3, -0.25) is 0 Å². The molecule has 2 N–H and O–H groups in total. The second kappa shape index (κ2) is 9.68. The van der Waals surface area contributed by atoms with E-state index in [0.717, 1.165) is 18.4 Å². The number of nitrogens with zero attached hydrogens (tertiary/aromatic N) is 2. The predicted octanol–water partition coefficient (Wildman–Crippen LogP) is 4.85. The van der Waals surface area contributed by atoms with Crippen LogP contribution in [0.2, 0.25) is 0 Å². The summed E-state index contributed by atoms with van der Waals surface area (Å²) in [5.41, 5.74) is 0.726. The number of pyridine rings is 1. The van der Waals surface area contributed by atoms with Crippen molar-refractivity contribution in [3.63, 3.8) is 0 Å². The number of benzene rings is 1. The van der Waals surface area contributed by atoms with Crippen molar-refractivity contribution in [1.29, 1.82) is 0 Å². The molecule has 1 heterocycles. The number of carboxylic acids is 1. The van der Waals surface area contributed by atoms with Gasteiger partial charge in [0, 0.05) is 19.1 Å². The maximum atomic E-state index is 11.9. The molecule has 0 atom stereocenters.